The van der Waals surface area contributed by atoms with Crippen molar-refractivity contribution in [2.24, 2.45) is 0 Å². The number of nitrogens with one attached hydrogen (secondary N) is 3. The van der Waals surface area contributed by atoms with Crippen LogP contribution in [-0.4, -0.2) is 71.8 Å². The van der Waals surface area contributed by atoms with Crippen molar-refractivity contribution in [1.82, 2.24) is 15.1 Å². The lowest BCUT2D eigenvalue weighted by atomic mass is 9.99. The molecule has 268 valence electrons. The Hall–Kier alpha value is -5.97. The van der Waals surface area contributed by atoms with Crippen LogP contribution in [-0.2, 0) is 23.9 Å². The van der Waals surface area contributed by atoms with Crippen LogP contribution in [0.4, 0.5) is 16.2 Å². The monoisotopic (exact) mass is 701 g/mol. The third kappa shape index (κ3) is 8.15. The van der Waals surface area contributed by atoms with E-state index in [1.807, 2.05) is 79.7 Å². The van der Waals surface area contributed by atoms with E-state index in [9.17, 15) is 24.0 Å². The summed E-state index contributed by atoms with van der Waals surface area (Å²) in [5.74, 6) is -1.25. The summed E-state index contributed by atoms with van der Waals surface area (Å²) in [7, 11) is 1.23. The largest absolute Gasteiger partial charge is 0.453 e. The summed E-state index contributed by atoms with van der Waals surface area (Å²) in [6.07, 6.45) is 1.82. The molecule has 0 aromatic heterocycles. The van der Waals surface area contributed by atoms with E-state index in [1.165, 1.54) is 12.0 Å². The van der Waals surface area contributed by atoms with Gasteiger partial charge in [-0.2, -0.15) is 0 Å². The first-order valence-corrected chi connectivity index (χ1v) is 17.6. The van der Waals surface area contributed by atoms with Crippen molar-refractivity contribution >= 4 is 41.1 Å². The molecule has 0 spiro atoms. The van der Waals surface area contributed by atoms with Crippen LogP contribution in [0.15, 0.2) is 109 Å². The molecule has 11 heteroatoms. The average Bonchev–Trinajstić information content (AvgIpc) is 3.89. The molecular weight excluding hydrogens is 658 g/mol. The minimum atomic E-state index is -0.989. The van der Waals surface area contributed by atoms with Gasteiger partial charge in [0, 0.05) is 24.5 Å². The second kappa shape index (κ2) is 16.4. The number of alkyl carbamates (subject to hydrolysis) is 1. The van der Waals surface area contributed by atoms with Gasteiger partial charge < -0.3 is 30.5 Å². The zero-order valence-electron chi connectivity index (χ0n) is 29.3. The number of amides is 5. The summed E-state index contributed by atoms with van der Waals surface area (Å²) < 4.78 is 4.75. The summed E-state index contributed by atoms with van der Waals surface area (Å²) in [6, 6.07) is 31.2. The Kier molecular flexibility index (Phi) is 11.3. The molecule has 0 radical (unpaired) electrons. The Balaban J connectivity index is 1.05. The second-order valence-corrected chi connectivity index (χ2v) is 13.1. The van der Waals surface area contributed by atoms with Gasteiger partial charge in [-0.15, -0.1) is 0 Å². The summed E-state index contributed by atoms with van der Waals surface area (Å²) in [4.78, 5) is 69.0. The number of likely N-dealkylation sites (tertiary alicyclic amines) is 2. The Labute approximate surface area is 303 Å². The van der Waals surface area contributed by atoms with Gasteiger partial charge in [0.15, 0.2) is 0 Å². The first-order valence-electron chi connectivity index (χ1n) is 17.6. The highest BCUT2D eigenvalue weighted by Crippen LogP contribution is 2.29. The fraction of sp³-hybridized carbons (Fsp3) is 0.293. The topological polar surface area (TPSA) is 137 Å². The van der Waals surface area contributed by atoms with Gasteiger partial charge in [-0.05, 0) is 79.1 Å². The molecule has 6 rings (SSSR count). The van der Waals surface area contributed by atoms with E-state index in [1.54, 1.807) is 41.3 Å². The maximum Gasteiger partial charge on any atom is 0.407 e. The van der Waals surface area contributed by atoms with Gasteiger partial charge in [0.25, 0.3) is 5.91 Å². The van der Waals surface area contributed by atoms with Crippen LogP contribution in [0.3, 0.4) is 0 Å². The molecule has 2 fully saturated rings. The van der Waals surface area contributed by atoms with Crippen LogP contribution in [0.2, 0.25) is 0 Å². The zero-order valence-corrected chi connectivity index (χ0v) is 29.3. The molecule has 0 unspecified atom stereocenters. The first kappa shape index (κ1) is 35.8. The predicted molar refractivity (Wildman–Crippen MR) is 198 cm³/mol. The molecule has 52 heavy (non-hydrogen) atoms. The van der Waals surface area contributed by atoms with Gasteiger partial charge in [0.05, 0.1) is 13.0 Å². The first-order chi connectivity index (χ1) is 25.2. The van der Waals surface area contributed by atoms with Crippen LogP contribution in [0.5, 0.6) is 0 Å². The SMILES string of the molecule is COC(=O)N[C@@H](C(=O)N1CCC[C@@H]1C(=O)Nc1ccc(-c2ccc(NC(=O)[C@H]3CCCN3C(=O)[C@H](C)c3ccccc3)cc2)cc1)c1ccccc1. The Morgan fingerprint density at radius 3 is 1.52 bits per heavy atom. The van der Waals surface area contributed by atoms with Crippen molar-refractivity contribution in [3.05, 3.63) is 120 Å². The third-order valence-electron chi connectivity index (χ3n) is 9.81. The number of hydrogen-bond acceptors (Lipinski definition) is 6. The van der Waals surface area contributed by atoms with Crippen LogP contribution in [0, 0.1) is 0 Å². The normalized spacial score (nSPS) is 17.9. The highest BCUT2D eigenvalue weighted by atomic mass is 16.5. The third-order valence-corrected chi connectivity index (χ3v) is 9.81. The molecular formula is C41H43N5O6. The van der Waals surface area contributed by atoms with Gasteiger partial charge in [-0.25, -0.2) is 4.79 Å². The summed E-state index contributed by atoms with van der Waals surface area (Å²) in [5.41, 5.74) is 4.58. The van der Waals surface area contributed by atoms with Crippen molar-refractivity contribution in [3.8, 4) is 11.1 Å². The van der Waals surface area contributed by atoms with E-state index in [4.69, 9.17) is 4.74 Å². The summed E-state index contributed by atoms with van der Waals surface area (Å²) in [6.45, 7) is 2.83. The molecule has 0 aliphatic carbocycles. The van der Waals surface area contributed by atoms with Gasteiger partial charge in [-0.1, -0.05) is 84.9 Å². The van der Waals surface area contributed by atoms with Gasteiger partial charge in [0.1, 0.15) is 18.1 Å². The van der Waals surface area contributed by atoms with E-state index in [0.29, 0.717) is 49.3 Å². The fourth-order valence-electron chi connectivity index (χ4n) is 6.96. The van der Waals surface area contributed by atoms with E-state index < -0.39 is 24.2 Å². The maximum atomic E-state index is 13.7. The fourth-order valence-corrected chi connectivity index (χ4v) is 6.96. The molecule has 2 saturated heterocycles. The van der Waals surface area contributed by atoms with Crippen molar-refractivity contribution < 1.29 is 28.7 Å². The molecule has 3 N–H and O–H groups in total. The van der Waals surface area contributed by atoms with Crippen molar-refractivity contribution in [2.45, 2.75) is 56.7 Å². The van der Waals surface area contributed by atoms with Crippen molar-refractivity contribution in [2.75, 3.05) is 30.8 Å². The van der Waals surface area contributed by atoms with E-state index in [-0.39, 0.29) is 29.5 Å². The number of benzene rings is 4. The summed E-state index contributed by atoms with van der Waals surface area (Å²) >= 11 is 0. The van der Waals surface area contributed by atoms with Crippen LogP contribution in [0.25, 0.3) is 11.1 Å². The quantitative estimate of drug-likeness (QED) is 0.183. The second-order valence-electron chi connectivity index (χ2n) is 13.1. The Morgan fingerprint density at radius 2 is 1.06 bits per heavy atom. The molecule has 11 nitrogen and oxygen atoms in total. The Bertz CT molecular complexity index is 1880. The number of ether oxygens (including phenoxy) is 1. The van der Waals surface area contributed by atoms with Gasteiger partial charge in [0.2, 0.25) is 17.7 Å². The molecule has 2 heterocycles. The molecule has 4 atom stereocenters. The lowest BCUT2D eigenvalue weighted by molar-refractivity contribution is -0.138. The number of carbonyl (C=O) groups excluding carboxylic acids is 5. The number of nitrogens with zero attached hydrogens (tertiary/aromatic N) is 2. The van der Waals surface area contributed by atoms with Crippen molar-refractivity contribution in [1.29, 1.82) is 0 Å². The lowest BCUT2D eigenvalue weighted by Gasteiger charge is -2.28. The highest BCUT2D eigenvalue weighted by Gasteiger charge is 2.39. The number of hydrogen-bond donors (Lipinski definition) is 3. The predicted octanol–water partition coefficient (Wildman–Crippen LogP) is 6.11. The number of methoxy groups -OCH3 is 1. The molecule has 5 amide bonds. The van der Waals surface area contributed by atoms with Crippen LogP contribution < -0.4 is 16.0 Å². The molecule has 2 aliphatic rings. The minimum absolute atomic E-state index is 0.0440. The van der Waals surface area contributed by atoms with Crippen LogP contribution in [0.1, 0.15) is 55.7 Å². The van der Waals surface area contributed by atoms with E-state index in [0.717, 1.165) is 23.1 Å². The van der Waals surface area contributed by atoms with E-state index in [2.05, 4.69) is 16.0 Å². The zero-order chi connectivity index (χ0) is 36.6. The molecule has 2 aliphatic heterocycles. The molecule has 4 aromatic rings. The van der Waals surface area contributed by atoms with Gasteiger partial charge >= 0.3 is 6.09 Å². The molecule has 4 aromatic carbocycles. The average molecular weight is 702 g/mol. The molecule has 0 bridgehead atoms. The minimum Gasteiger partial charge on any atom is -0.453 e. The number of carbonyl (C=O) groups is 5. The number of anilines is 2. The summed E-state index contributed by atoms with van der Waals surface area (Å²) in [5, 5.41) is 8.54. The standard InChI is InChI=1S/C41H43N5O6/c1-27(28-11-5-3-6-12-28)39(49)45-25-9-15-34(45)37(47)42-32-21-17-29(18-22-32)30-19-23-33(24-20-30)43-38(48)35-16-10-26-46(35)40(50)36(44-41(51)52-2)31-13-7-4-8-14-31/h3-8,11-14,17-24,27,34-36H,9-10,15-16,25-26H2,1-2H3,(H,42,47)(H,43,48)(H,44,51)/t27-,34-,35-,36-/m1/s1. The van der Waals surface area contributed by atoms with E-state index >= 15 is 0 Å². The van der Waals surface area contributed by atoms with Gasteiger partial charge in [-0.3, -0.25) is 19.2 Å². The maximum absolute atomic E-state index is 13.7. The van der Waals surface area contributed by atoms with Crippen molar-refractivity contribution in [3.63, 3.8) is 0 Å². The lowest BCUT2D eigenvalue weighted by Crippen LogP contribution is -2.48. The van der Waals surface area contributed by atoms with Crippen LogP contribution >= 0.6 is 0 Å². The highest BCUT2D eigenvalue weighted by molar-refractivity contribution is 6.00. The molecule has 0 saturated carbocycles. The Morgan fingerprint density at radius 1 is 0.615 bits per heavy atom. The smallest absolute Gasteiger partial charge is 0.407 e. The number of rotatable bonds is 10.